The van der Waals surface area contributed by atoms with Gasteiger partial charge in [0.05, 0.1) is 31.3 Å². The fourth-order valence-electron chi connectivity index (χ4n) is 3.88. The number of esters is 2. The summed E-state index contributed by atoms with van der Waals surface area (Å²) >= 11 is 0. The van der Waals surface area contributed by atoms with Gasteiger partial charge >= 0.3 is 11.9 Å². The Morgan fingerprint density at radius 3 is 1.79 bits per heavy atom. The molecule has 3 aromatic carbocycles. The van der Waals surface area contributed by atoms with Crippen molar-refractivity contribution >= 4 is 40.9 Å². The Kier molecular flexibility index (Phi) is 8.32. The number of benzene rings is 3. The molecule has 1 heterocycles. The Hall–Kier alpha value is -5.45. The molecule has 0 spiro atoms. The SMILES string of the molecule is COC(=O)c1cc(Nc2ncnc(NNC(=O)C(c3ccccc3)c3ccccc3)c2N)cc(C(=O)OC)c1. The van der Waals surface area contributed by atoms with Crippen molar-refractivity contribution in [1.82, 2.24) is 15.4 Å². The van der Waals surface area contributed by atoms with Gasteiger partial charge in [0.25, 0.3) is 0 Å². The van der Waals surface area contributed by atoms with Crippen molar-refractivity contribution in [3.05, 3.63) is 107 Å². The molecular weight excluding hydrogens is 500 g/mol. The number of carbonyl (C=O) groups is 3. The molecule has 198 valence electrons. The molecule has 0 aliphatic heterocycles. The zero-order valence-electron chi connectivity index (χ0n) is 21.2. The van der Waals surface area contributed by atoms with Gasteiger partial charge in [-0.2, -0.15) is 0 Å². The van der Waals surface area contributed by atoms with Gasteiger partial charge in [-0.05, 0) is 29.3 Å². The van der Waals surface area contributed by atoms with E-state index in [9.17, 15) is 14.4 Å². The number of nitrogens with one attached hydrogen (secondary N) is 3. The Bertz CT molecular complexity index is 1410. The van der Waals surface area contributed by atoms with Gasteiger partial charge < -0.3 is 20.5 Å². The van der Waals surface area contributed by atoms with Gasteiger partial charge in [0.15, 0.2) is 11.6 Å². The zero-order chi connectivity index (χ0) is 27.8. The summed E-state index contributed by atoms with van der Waals surface area (Å²) in [5.41, 5.74) is 14.0. The van der Waals surface area contributed by atoms with Crippen LogP contribution in [0.1, 0.15) is 37.8 Å². The van der Waals surface area contributed by atoms with E-state index in [0.29, 0.717) is 5.69 Å². The number of carbonyl (C=O) groups excluding carboxylic acids is 3. The number of ether oxygens (including phenoxy) is 2. The summed E-state index contributed by atoms with van der Waals surface area (Å²) in [6, 6.07) is 23.0. The molecule has 11 nitrogen and oxygen atoms in total. The smallest absolute Gasteiger partial charge is 0.337 e. The van der Waals surface area contributed by atoms with E-state index in [0.717, 1.165) is 11.1 Å². The minimum atomic E-state index is -0.643. The normalized spacial score (nSPS) is 10.4. The van der Waals surface area contributed by atoms with E-state index in [1.807, 2.05) is 60.7 Å². The third-order valence-corrected chi connectivity index (χ3v) is 5.75. The average Bonchev–Trinajstić information content (AvgIpc) is 2.97. The molecule has 0 radical (unpaired) electrons. The lowest BCUT2D eigenvalue weighted by Gasteiger charge is -2.19. The van der Waals surface area contributed by atoms with E-state index < -0.39 is 17.9 Å². The van der Waals surface area contributed by atoms with Crippen molar-refractivity contribution in [3.8, 4) is 0 Å². The van der Waals surface area contributed by atoms with Crippen molar-refractivity contribution < 1.29 is 23.9 Å². The Morgan fingerprint density at radius 2 is 1.28 bits per heavy atom. The number of aromatic nitrogens is 2. The second-order valence-corrected chi connectivity index (χ2v) is 8.26. The molecule has 1 amide bonds. The molecule has 39 heavy (non-hydrogen) atoms. The molecule has 4 aromatic rings. The summed E-state index contributed by atoms with van der Waals surface area (Å²) in [5.74, 6) is -1.89. The van der Waals surface area contributed by atoms with Crippen LogP contribution < -0.4 is 21.9 Å². The number of rotatable bonds is 9. The molecule has 0 saturated carbocycles. The number of hydrogen-bond acceptors (Lipinski definition) is 10. The zero-order valence-corrected chi connectivity index (χ0v) is 21.2. The second-order valence-electron chi connectivity index (χ2n) is 8.26. The highest BCUT2D eigenvalue weighted by Gasteiger charge is 2.23. The van der Waals surface area contributed by atoms with E-state index in [1.165, 1.54) is 38.7 Å². The maximum Gasteiger partial charge on any atom is 0.337 e. The number of hydrogen-bond donors (Lipinski definition) is 4. The van der Waals surface area contributed by atoms with Crippen molar-refractivity contribution in [1.29, 1.82) is 0 Å². The second kappa shape index (κ2) is 12.2. The lowest BCUT2D eigenvalue weighted by Crippen LogP contribution is -2.35. The van der Waals surface area contributed by atoms with Gasteiger partial charge in [-0.1, -0.05) is 60.7 Å². The minimum Gasteiger partial charge on any atom is -0.465 e. The van der Waals surface area contributed by atoms with Crippen LogP contribution in [0, 0.1) is 0 Å². The van der Waals surface area contributed by atoms with Gasteiger partial charge in [0.1, 0.15) is 12.0 Å². The van der Waals surface area contributed by atoms with Gasteiger partial charge in [-0.15, -0.1) is 0 Å². The Labute approximate surface area is 224 Å². The van der Waals surface area contributed by atoms with E-state index >= 15 is 0 Å². The summed E-state index contributed by atoms with van der Waals surface area (Å²) < 4.78 is 9.54. The van der Waals surface area contributed by atoms with E-state index in [1.54, 1.807) is 0 Å². The molecule has 0 aliphatic rings. The van der Waals surface area contributed by atoms with Crippen LogP contribution in [0.5, 0.6) is 0 Å². The molecule has 0 atom stereocenters. The first-order valence-electron chi connectivity index (χ1n) is 11.8. The van der Waals surface area contributed by atoms with E-state index in [-0.39, 0.29) is 34.4 Å². The summed E-state index contributed by atoms with van der Waals surface area (Å²) in [4.78, 5) is 45.8. The first-order chi connectivity index (χ1) is 18.9. The molecule has 0 bridgehead atoms. The van der Waals surface area contributed by atoms with Crippen molar-refractivity contribution in [3.63, 3.8) is 0 Å². The number of anilines is 4. The molecular formula is C28H26N6O5. The van der Waals surface area contributed by atoms with Crippen LogP contribution >= 0.6 is 0 Å². The van der Waals surface area contributed by atoms with E-state index in [2.05, 4.69) is 26.1 Å². The number of nitrogen functional groups attached to an aromatic ring is 1. The average molecular weight is 527 g/mol. The van der Waals surface area contributed by atoms with Crippen molar-refractivity contribution in [2.24, 2.45) is 0 Å². The van der Waals surface area contributed by atoms with Crippen LogP contribution in [0.15, 0.2) is 85.2 Å². The fourth-order valence-corrected chi connectivity index (χ4v) is 3.88. The molecule has 11 heteroatoms. The molecule has 5 N–H and O–H groups in total. The van der Waals surface area contributed by atoms with Crippen LogP contribution in [-0.4, -0.2) is 42.0 Å². The van der Waals surface area contributed by atoms with Gasteiger partial charge in [0, 0.05) is 5.69 Å². The third kappa shape index (κ3) is 6.28. The summed E-state index contributed by atoms with van der Waals surface area (Å²) in [6.45, 7) is 0. The minimum absolute atomic E-state index is 0.0804. The standard InChI is InChI=1S/C28H26N6O5/c1-38-27(36)19-13-20(28(37)39-2)15-21(14-19)32-24-23(29)25(31-16-30-24)33-34-26(35)22(17-9-5-3-6-10-17)18-11-7-4-8-12-18/h3-16,22H,29H2,1-2H3,(H,34,35)(H2,30,31,32,33). The van der Waals surface area contributed by atoms with Crippen LogP contribution in [-0.2, 0) is 14.3 Å². The number of nitrogens with zero attached hydrogens (tertiary/aromatic N) is 2. The molecule has 0 fully saturated rings. The van der Waals surface area contributed by atoms with Crippen molar-refractivity contribution in [2.45, 2.75) is 5.92 Å². The van der Waals surface area contributed by atoms with Crippen LogP contribution in [0.2, 0.25) is 0 Å². The quantitative estimate of drug-likeness (QED) is 0.187. The Morgan fingerprint density at radius 1 is 0.769 bits per heavy atom. The number of methoxy groups -OCH3 is 2. The predicted octanol–water partition coefficient (Wildman–Crippen LogP) is 3.65. The molecule has 1 aromatic heterocycles. The molecule has 0 unspecified atom stereocenters. The first kappa shape index (κ1) is 26.6. The van der Waals surface area contributed by atoms with Crippen molar-refractivity contribution in [2.75, 3.05) is 30.7 Å². The number of amides is 1. The summed E-state index contributed by atoms with van der Waals surface area (Å²) in [7, 11) is 2.46. The number of hydrazine groups is 1. The van der Waals surface area contributed by atoms with Crippen LogP contribution in [0.3, 0.4) is 0 Å². The maximum atomic E-state index is 13.3. The largest absolute Gasteiger partial charge is 0.465 e. The van der Waals surface area contributed by atoms with Gasteiger partial charge in [0.2, 0.25) is 5.91 Å². The summed E-state index contributed by atoms with van der Waals surface area (Å²) in [6.07, 6.45) is 1.24. The highest BCUT2D eigenvalue weighted by atomic mass is 16.5. The fraction of sp³-hybridized carbons (Fsp3) is 0.107. The Balaban J connectivity index is 1.56. The monoisotopic (exact) mass is 526 g/mol. The maximum absolute atomic E-state index is 13.3. The molecule has 4 rings (SSSR count). The first-order valence-corrected chi connectivity index (χ1v) is 11.8. The van der Waals surface area contributed by atoms with Crippen LogP contribution in [0.4, 0.5) is 23.0 Å². The highest BCUT2D eigenvalue weighted by Crippen LogP contribution is 2.28. The highest BCUT2D eigenvalue weighted by molar-refractivity contribution is 5.97. The third-order valence-electron chi connectivity index (χ3n) is 5.75. The number of nitrogens with two attached hydrogens (primary N) is 1. The van der Waals surface area contributed by atoms with Gasteiger partial charge in [-0.25, -0.2) is 19.6 Å². The van der Waals surface area contributed by atoms with Crippen LogP contribution in [0.25, 0.3) is 0 Å². The molecule has 0 aliphatic carbocycles. The van der Waals surface area contributed by atoms with Gasteiger partial charge in [-0.3, -0.25) is 15.6 Å². The predicted molar refractivity (Wildman–Crippen MR) is 145 cm³/mol. The topological polar surface area (TPSA) is 158 Å². The lowest BCUT2D eigenvalue weighted by atomic mass is 9.91. The van der Waals surface area contributed by atoms with E-state index in [4.69, 9.17) is 15.2 Å². The molecule has 0 saturated heterocycles. The lowest BCUT2D eigenvalue weighted by molar-refractivity contribution is -0.121. The summed E-state index contributed by atoms with van der Waals surface area (Å²) in [5, 5.41) is 2.97.